The Bertz CT molecular complexity index is 3900. The third-order valence-electron chi connectivity index (χ3n) is 13.3. The summed E-state index contributed by atoms with van der Waals surface area (Å²) in [5, 5.41) is 4.57. The standard InChI is InChI=1S/C64H42N4O/c1-6-19-42(20-7-1)51-30-18-31-52(43-21-8-2-9-22-43)60(51)47-34-35-50(48(39-47)41-59-65-63(44-23-10-3-11-24-44)67-64(66-59)45-25-12-4-13-26-45)46-33-36-55-58(40-46)69-57-38-37-54-53-29-16-17-32-56(53)68(62(54)61(55)57)49-27-14-5-15-28-49/h1-40H,41H2. The summed E-state index contributed by atoms with van der Waals surface area (Å²) < 4.78 is 9.25. The first-order valence-electron chi connectivity index (χ1n) is 23.4. The molecule has 5 nitrogen and oxygen atoms in total. The molecule has 0 radical (unpaired) electrons. The van der Waals surface area contributed by atoms with E-state index in [-0.39, 0.29) is 0 Å². The van der Waals surface area contributed by atoms with Gasteiger partial charge in [0.1, 0.15) is 17.0 Å². The van der Waals surface area contributed by atoms with Crippen molar-refractivity contribution in [3.8, 4) is 73.0 Å². The Kier molecular flexibility index (Phi) is 9.83. The van der Waals surface area contributed by atoms with Gasteiger partial charge in [-0.3, -0.25) is 0 Å². The number of hydrogen-bond acceptors (Lipinski definition) is 4. The van der Waals surface area contributed by atoms with Crippen LogP contribution in [0.2, 0.25) is 0 Å². The minimum Gasteiger partial charge on any atom is -0.456 e. The zero-order valence-electron chi connectivity index (χ0n) is 37.5. The predicted octanol–water partition coefficient (Wildman–Crippen LogP) is 16.5. The Balaban J connectivity index is 1.03. The number of fused-ring (bicyclic) bond motifs is 7. The molecule has 13 aromatic rings. The van der Waals surface area contributed by atoms with E-state index >= 15 is 0 Å². The highest BCUT2D eigenvalue weighted by molar-refractivity contribution is 6.24. The van der Waals surface area contributed by atoms with Gasteiger partial charge in [0.2, 0.25) is 0 Å². The maximum Gasteiger partial charge on any atom is 0.163 e. The predicted molar refractivity (Wildman–Crippen MR) is 283 cm³/mol. The summed E-state index contributed by atoms with van der Waals surface area (Å²) in [7, 11) is 0. The largest absolute Gasteiger partial charge is 0.456 e. The molecule has 10 aromatic carbocycles. The molecule has 13 rings (SSSR count). The highest BCUT2D eigenvalue weighted by Crippen LogP contribution is 2.44. The van der Waals surface area contributed by atoms with Gasteiger partial charge in [0.25, 0.3) is 0 Å². The second kappa shape index (κ2) is 16.9. The summed E-state index contributed by atoms with van der Waals surface area (Å²) in [5.74, 6) is 1.96. The van der Waals surface area contributed by atoms with Gasteiger partial charge >= 0.3 is 0 Å². The van der Waals surface area contributed by atoms with E-state index in [1.165, 1.54) is 16.3 Å². The van der Waals surface area contributed by atoms with E-state index < -0.39 is 0 Å². The summed E-state index contributed by atoms with van der Waals surface area (Å²) in [6, 6.07) is 85.6. The SMILES string of the molecule is c1ccc(-c2nc(Cc3cc(-c4c(-c5ccccc5)cccc4-c4ccccc4)ccc3-c3ccc4c(c3)oc3ccc5c6ccccc6n(-c6ccccc6)c5c34)nc(-c3ccccc3)n2)cc1. The molecule has 0 N–H and O–H groups in total. The van der Waals surface area contributed by atoms with Crippen molar-refractivity contribution >= 4 is 43.7 Å². The van der Waals surface area contributed by atoms with Crippen molar-refractivity contribution in [2.75, 3.05) is 0 Å². The van der Waals surface area contributed by atoms with Crippen LogP contribution in [0.25, 0.3) is 117 Å². The van der Waals surface area contributed by atoms with Crippen molar-refractivity contribution in [2.24, 2.45) is 0 Å². The average molecular weight is 883 g/mol. The molecule has 0 amide bonds. The van der Waals surface area contributed by atoms with Gasteiger partial charge in [0, 0.05) is 39.4 Å². The number of rotatable bonds is 9. The maximum atomic E-state index is 6.87. The minimum atomic E-state index is 0.454. The zero-order chi connectivity index (χ0) is 45.7. The molecule has 0 bridgehead atoms. The third kappa shape index (κ3) is 7.16. The van der Waals surface area contributed by atoms with Crippen LogP contribution in [0.5, 0.6) is 0 Å². The average Bonchev–Trinajstić information content (AvgIpc) is 3.97. The number of hydrogen-bond donors (Lipinski definition) is 0. The topological polar surface area (TPSA) is 56.7 Å². The lowest BCUT2D eigenvalue weighted by atomic mass is 9.85. The lowest BCUT2D eigenvalue weighted by Crippen LogP contribution is -2.05. The van der Waals surface area contributed by atoms with Crippen molar-refractivity contribution in [1.29, 1.82) is 0 Å². The monoisotopic (exact) mass is 882 g/mol. The van der Waals surface area contributed by atoms with Crippen LogP contribution in [0.15, 0.2) is 247 Å². The number of para-hydroxylation sites is 2. The fourth-order valence-electron chi connectivity index (χ4n) is 10.2. The Morgan fingerprint density at radius 2 is 0.913 bits per heavy atom. The van der Waals surface area contributed by atoms with Crippen molar-refractivity contribution in [2.45, 2.75) is 6.42 Å². The zero-order valence-corrected chi connectivity index (χ0v) is 37.5. The van der Waals surface area contributed by atoms with Crippen LogP contribution in [0.3, 0.4) is 0 Å². The molecule has 0 aliphatic heterocycles. The Morgan fingerprint density at radius 3 is 1.55 bits per heavy atom. The summed E-state index contributed by atoms with van der Waals surface area (Å²) in [6.07, 6.45) is 0.454. The Labute approximate surface area is 399 Å². The molecule has 324 valence electrons. The van der Waals surface area contributed by atoms with E-state index in [1.54, 1.807) is 0 Å². The molecule has 0 aliphatic carbocycles. The number of furan rings is 1. The Hall–Kier alpha value is -9.19. The molecule has 0 saturated carbocycles. The fourth-order valence-corrected chi connectivity index (χ4v) is 10.2. The summed E-state index contributed by atoms with van der Waals surface area (Å²) in [6.45, 7) is 0. The number of nitrogens with zero attached hydrogens (tertiary/aromatic N) is 4. The quantitative estimate of drug-likeness (QED) is 0.145. The van der Waals surface area contributed by atoms with Crippen LogP contribution in [0.1, 0.15) is 11.4 Å². The fraction of sp³-hybridized carbons (Fsp3) is 0.0156. The van der Waals surface area contributed by atoms with E-state index in [0.29, 0.717) is 23.9 Å². The molecule has 0 spiro atoms. The number of aromatic nitrogens is 4. The molecule has 3 heterocycles. The second-order valence-electron chi connectivity index (χ2n) is 17.5. The normalized spacial score (nSPS) is 11.5. The van der Waals surface area contributed by atoms with Gasteiger partial charge in [-0.05, 0) is 92.5 Å². The highest BCUT2D eigenvalue weighted by atomic mass is 16.3. The maximum absolute atomic E-state index is 6.87. The molecule has 3 aromatic heterocycles. The first-order chi connectivity index (χ1) is 34.2. The molecule has 0 saturated heterocycles. The first-order valence-corrected chi connectivity index (χ1v) is 23.4. The summed E-state index contributed by atoms with van der Waals surface area (Å²) >= 11 is 0. The van der Waals surface area contributed by atoms with Gasteiger partial charge in [-0.25, -0.2) is 15.0 Å². The first kappa shape index (κ1) is 40.1. The van der Waals surface area contributed by atoms with Gasteiger partial charge < -0.3 is 8.98 Å². The molecule has 0 aliphatic rings. The smallest absolute Gasteiger partial charge is 0.163 e. The second-order valence-corrected chi connectivity index (χ2v) is 17.5. The van der Waals surface area contributed by atoms with Crippen LogP contribution in [0.4, 0.5) is 0 Å². The van der Waals surface area contributed by atoms with Crippen molar-refractivity contribution in [3.63, 3.8) is 0 Å². The molecular formula is C64H42N4O. The molecule has 69 heavy (non-hydrogen) atoms. The van der Waals surface area contributed by atoms with Gasteiger partial charge in [-0.15, -0.1) is 0 Å². The van der Waals surface area contributed by atoms with Gasteiger partial charge in [-0.1, -0.05) is 200 Å². The van der Waals surface area contributed by atoms with E-state index in [0.717, 1.165) is 94.3 Å². The van der Waals surface area contributed by atoms with E-state index in [1.807, 2.05) is 36.4 Å². The lowest BCUT2D eigenvalue weighted by molar-refractivity contribution is 0.669. The van der Waals surface area contributed by atoms with Crippen LogP contribution in [-0.4, -0.2) is 19.5 Å². The van der Waals surface area contributed by atoms with Crippen LogP contribution in [0, 0.1) is 0 Å². The third-order valence-corrected chi connectivity index (χ3v) is 13.3. The highest BCUT2D eigenvalue weighted by Gasteiger charge is 2.22. The summed E-state index contributed by atoms with van der Waals surface area (Å²) in [5.41, 5.74) is 17.1. The van der Waals surface area contributed by atoms with E-state index in [2.05, 4.69) is 211 Å². The van der Waals surface area contributed by atoms with Crippen molar-refractivity contribution < 1.29 is 4.42 Å². The number of benzene rings is 10. The molecule has 0 unspecified atom stereocenters. The van der Waals surface area contributed by atoms with E-state index in [9.17, 15) is 0 Å². The van der Waals surface area contributed by atoms with Gasteiger partial charge in [0.05, 0.1) is 16.4 Å². The van der Waals surface area contributed by atoms with Crippen molar-refractivity contribution in [1.82, 2.24) is 19.5 Å². The molecule has 0 atom stereocenters. The van der Waals surface area contributed by atoms with Crippen LogP contribution < -0.4 is 0 Å². The minimum absolute atomic E-state index is 0.454. The van der Waals surface area contributed by atoms with Gasteiger partial charge in [0.15, 0.2) is 11.6 Å². The van der Waals surface area contributed by atoms with Crippen molar-refractivity contribution in [3.05, 3.63) is 254 Å². The van der Waals surface area contributed by atoms with Crippen LogP contribution >= 0.6 is 0 Å². The summed E-state index contributed by atoms with van der Waals surface area (Å²) in [4.78, 5) is 15.4. The molecular weight excluding hydrogens is 841 g/mol. The molecule has 5 heteroatoms. The van der Waals surface area contributed by atoms with Crippen LogP contribution in [-0.2, 0) is 6.42 Å². The van der Waals surface area contributed by atoms with Gasteiger partial charge in [-0.2, -0.15) is 0 Å². The molecule has 0 fully saturated rings. The lowest BCUT2D eigenvalue weighted by Gasteiger charge is -2.19. The van der Waals surface area contributed by atoms with E-state index in [4.69, 9.17) is 19.4 Å². The Morgan fingerprint density at radius 1 is 0.362 bits per heavy atom.